The summed E-state index contributed by atoms with van der Waals surface area (Å²) < 4.78 is 1.12. The fraction of sp³-hybridized carbons (Fsp3) is 0.286. The molecule has 94 valence electrons. The van der Waals surface area contributed by atoms with Crippen molar-refractivity contribution in [1.82, 2.24) is 15.3 Å². The molecular formula is C14H16BrN3. The van der Waals surface area contributed by atoms with E-state index in [4.69, 9.17) is 0 Å². The number of hydrogen-bond acceptors (Lipinski definition) is 3. The van der Waals surface area contributed by atoms with Crippen molar-refractivity contribution in [2.45, 2.75) is 19.9 Å². The number of halogens is 1. The molecule has 1 aromatic heterocycles. The summed E-state index contributed by atoms with van der Waals surface area (Å²) in [7, 11) is 0. The lowest BCUT2D eigenvalue weighted by molar-refractivity contribution is 0.609. The van der Waals surface area contributed by atoms with Crippen molar-refractivity contribution in [3.8, 4) is 0 Å². The molecule has 1 aromatic carbocycles. The highest BCUT2D eigenvalue weighted by atomic mass is 79.9. The zero-order valence-electron chi connectivity index (χ0n) is 10.5. The van der Waals surface area contributed by atoms with Crippen LogP contribution >= 0.6 is 15.9 Å². The smallest absolute Gasteiger partial charge is 0.0801 e. The van der Waals surface area contributed by atoms with Crippen molar-refractivity contribution in [3.05, 3.63) is 58.1 Å². The van der Waals surface area contributed by atoms with E-state index in [1.54, 1.807) is 12.4 Å². The molecule has 0 saturated heterocycles. The summed E-state index contributed by atoms with van der Waals surface area (Å²) in [6, 6.07) is 6.31. The average Bonchev–Trinajstić information content (AvgIpc) is 2.41. The van der Waals surface area contributed by atoms with Gasteiger partial charge in [-0.3, -0.25) is 9.97 Å². The van der Waals surface area contributed by atoms with Crippen LogP contribution in [0.1, 0.15) is 29.8 Å². The van der Waals surface area contributed by atoms with Crippen LogP contribution in [0.5, 0.6) is 0 Å². The van der Waals surface area contributed by atoms with Crippen LogP contribution in [0.25, 0.3) is 0 Å². The van der Waals surface area contributed by atoms with Crippen molar-refractivity contribution in [1.29, 1.82) is 0 Å². The molecule has 0 spiro atoms. The van der Waals surface area contributed by atoms with Gasteiger partial charge >= 0.3 is 0 Å². The van der Waals surface area contributed by atoms with Crippen molar-refractivity contribution >= 4 is 15.9 Å². The molecule has 0 amide bonds. The summed E-state index contributed by atoms with van der Waals surface area (Å²) in [6.45, 7) is 5.09. The standard InChI is InChI=1S/C14H16BrN3/c1-3-17-14(13-9-16-7-8-18-13)11-5-4-6-12(15)10(11)2/h4-9,14,17H,3H2,1-2H3. The van der Waals surface area contributed by atoms with E-state index in [-0.39, 0.29) is 6.04 Å². The minimum atomic E-state index is 0.0844. The van der Waals surface area contributed by atoms with E-state index in [1.165, 1.54) is 11.1 Å². The first kappa shape index (κ1) is 13.2. The fourth-order valence-corrected chi connectivity index (χ4v) is 2.36. The Morgan fingerprint density at radius 2 is 2.17 bits per heavy atom. The number of hydrogen-bond donors (Lipinski definition) is 1. The van der Waals surface area contributed by atoms with Crippen LogP contribution in [0.3, 0.4) is 0 Å². The Labute approximate surface area is 116 Å². The maximum Gasteiger partial charge on any atom is 0.0801 e. The van der Waals surface area contributed by atoms with Gasteiger partial charge in [-0.1, -0.05) is 35.0 Å². The van der Waals surface area contributed by atoms with Crippen LogP contribution in [0, 0.1) is 6.92 Å². The summed E-state index contributed by atoms with van der Waals surface area (Å²) in [4.78, 5) is 8.56. The lowest BCUT2D eigenvalue weighted by Crippen LogP contribution is -2.23. The van der Waals surface area contributed by atoms with Crippen molar-refractivity contribution in [3.63, 3.8) is 0 Å². The van der Waals surface area contributed by atoms with Gasteiger partial charge in [0, 0.05) is 16.9 Å². The van der Waals surface area contributed by atoms with E-state index < -0.39 is 0 Å². The van der Waals surface area contributed by atoms with Gasteiger partial charge in [-0.25, -0.2) is 0 Å². The van der Waals surface area contributed by atoms with E-state index in [0.29, 0.717) is 0 Å². The predicted molar refractivity (Wildman–Crippen MR) is 76.4 cm³/mol. The molecule has 1 unspecified atom stereocenters. The number of rotatable bonds is 4. The molecule has 0 aliphatic carbocycles. The second-order valence-corrected chi connectivity index (χ2v) is 4.93. The first-order valence-electron chi connectivity index (χ1n) is 5.98. The van der Waals surface area contributed by atoms with Crippen molar-refractivity contribution in [2.75, 3.05) is 6.54 Å². The molecule has 2 aromatic rings. The van der Waals surface area contributed by atoms with Crippen LogP contribution in [0.2, 0.25) is 0 Å². The van der Waals surface area contributed by atoms with E-state index in [2.05, 4.69) is 57.2 Å². The second-order valence-electron chi connectivity index (χ2n) is 4.08. The molecule has 1 heterocycles. The van der Waals surface area contributed by atoms with Gasteiger partial charge < -0.3 is 5.32 Å². The molecule has 0 fully saturated rings. The van der Waals surface area contributed by atoms with Gasteiger partial charge in [-0.2, -0.15) is 0 Å². The summed E-state index contributed by atoms with van der Waals surface area (Å²) in [5.41, 5.74) is 3.40. The molecule has 18 heavy (non-hydrogen) atoms. The first-order valence-corrected chi connectivity index (χ1v) is 6.77. The highest BCUT2D eigenvalue weighted by Gasteiger charge is 2.17. The quantitative estimate of drug-likeness (QED) is 0.942. The maximum absolute atomic E-state index is 4.40. The third-order valence-corrected chi connectivity index (χ3v) is 3.77. The molecule has 4 heteroatoms. The fourth-order valence-electron chi connectivity index (χ4n) is 1.97. The Hall–Kier alpha value is -1.26. The Morgan fingerprint density at radius 1 is 1.33 bits per heavy atom. The Balaban J connectivity index is 2.45. The number of aromatic nitrogens is 2. The zero-order valence-corrected chi connectivity index (χ0v) is 12.1. The minimum Gasteiger partial charge on any atom is -0.305 e. The Bertz CT molecular complexity index is 514. The Morgan fingerprint density at radius 3 is 2.83 bits per heavy atom. The topological polar surface area (TPSA) is 37.8 Å². The SMILES string of the molecule is CCNC(c1cnccn1)c1cccc(Br)c1C. The normalized spacial score (nSPS) is 12.4. The molecular weight excluding hydrogens is 290 g/mol. The van der Waals surface area contributed by atoms with Crippen LogP contribution in [0.4, 0.5) is 0 Å². The van der Waals surface area contributed by atoms with Crippen LogP contribution in [-0.2, 0) is 0 Å². The summed E-state index contributed by atoms with van der Waals surface area (Å²) in [5, 5.41) is 3.46. The average molecular weight is 306 g/mol. The second kappa shape index (κ2) is 6.07. The number of nitrogens with zero attached hydrogens (tertiary/aromatic N) is 2. The number of nitrogens with one attached hydrogen (secondary N) is 1. The molecule has 0 radical (unpaired) electrons. The summed E-state index contributed by atoms with van der Waals surface area (Å²) in [6.07, 6.45) is 5.24. The van der Waals surface area contributed by atoms with Gasteiger partial charge in [-0.05, 0) is 30.7 Å². The van der Waals surface area contributed by atoms with Gasteiger partial charge in [0.25, 0.3) is 0 Å². The highest BCUT2D eigenvalue weighted by molar-refractivity contribution is 9.10. The number of benzene rings is 1. The third kappa shape index (κ3) is 2.76. The minimum absolute atomic E-state index is 0.0844. The van der Waals surface area contributed by atoms with E-state index in [9.17, 15) is 0 Å². The predicted octanol–water partition coefficient (Wildman–Crippen LogP) is 3.25. The molecule has 0 aliphatic heterocycles. The van der Waals surface area contributed by atoms with Gasteiger partial charge in [0.15, 0.2) is 0 Å². The summed E-state index contributed by atoms with van der Waals surface area (Å²) in [5.74, 6) is 0. The molecule has 2 rings (SSSR count). The molecule has 3 nitrogen and oxygen atoms in total. The lowest BCUT2D eigenvalue weighted by Gasteiger charge is -2.20. The molecule has 0 saturated carbocycles. The van der Waals surface area contributed by atoms with Gasteiger partial charge in [-0.15, -0.1) is 0 Å². The molecule has 1 atom stereocenters. The van der Waals surface area contributed by atoms with Gasteiger partial charge in [0.05, 0.1) is 17.9 Å². The summed E-state index contributed by atoms with van der Waals surface area (Å²) >= 11 is 3.57. The van der Waals surface area contributed by atoms with Crippen LogP contribution in [0.15, 0.2) is 41.3 Å². The molecule has 0 aliphatic rings. The van der Waals surface area contributed by atoms with Crippen LogP contribution in [-0.4, -0.2) is 16.5 Å². The first-order chi connectivity index (χ1) is 8.74. The largest absolute Gasteiger partial charge is 0.305 e. The zero-order chi connectivity index (χ0) is 13.0. The van der Waals surface area contributed by atoms with E-state index in [0.717, 1.165) is 16.7 Å². The maximum atomic E-state index is 4.40. The van der Waals surface area contributed by atoms with Crippen LogP contribution < -0.4 is 5.32 Å². The molecule has 1 N–H and O–H groups in total. The highest BCUT2D eigenvalue weighted by Crippen LogP contribution is 2.27. The third-order valence-electron chi connectivity index (χ3n) is 2.91. The lowest BCUT2D eigenvalue weighted by atomic mass is 9.99. The van der Waals surface area contributed by atoms with Crippen molar-refractivity contribution in [2.24, 2.45) is 0 Å². The van der Waals surface area contributed by atoms with E-state index >= 15 is 0 Å². The molecule has 0 bridgehead atoms. The van der Waals surface area contributed by atoms with Gasteiger partial charge in [0.1, 0.15) is 0 Å². The van der Waals surface area contributed by atoms with Gasteiger partial charge in [0.2, 0.25) is 0 Å². The Kier molecular flexibility index (Phi) is 4.44. The monoisotopic (exact) mass is 305 g/mol. The van der Waals surface area contributed by atoms with Crippen molar-refractivity contribution < 1.29 is 0 Å². The van der Waals surface area contributed by atoms with E-state index in [1.807, 2.05) is 12.3 Å².